The molecule has 2 amide bonds. The summed E-state index contributed by atoms with van der Waals surface area (Å²) in [5.41, 5.74) is 1.69. The van der Waals surface area contributed by atoms with Gasteiger partial charge in [-0.2, -0.15) is 0 Å². The van der Waals surface area contributed by atoms with Gasteiger partial charge in [0, 0.05) is 49.4 Å². The summed E-state index contributed by atoms with van der Waals surface area (Å²) in [5.74, 6) is 0.909. The van der Waals surface area contributed by atoms with Gasteiger partial charge < -0.3 is 15.0 Å². The van der Waals surface area contributed by atoms with Gasteiger partial charge in [-0.25, -0.2) is 0 Å². The molecule has 2 aliphatic rings. The number of piperidine rings is 1. The van der Waals surface area contributed by atoms with Gasteiger partial charge in [-0.05, 0) is 55.0 Å². The minimum absolute atomic E-state index is 0.0240. The number of nitrogens with one attached hydrogen (secondary N) is 1. The van der Waals surface area contributed by atoms with Crippen LogP contribution in [0.25, 0.3) is 0 Å². The lowest BCUT2D eigenvalue weighted by Gasteiger charge is -2.33. The van der Waals surface area contributed by atoms with Crippen molar-refractivity contribution in [3.8, 4) is 5.75 Å². The molecular weight excluding hydrogens is 390 g/mol. The fraction of sp³-hybridized carbons (Fsp3) is 0.400. The van der Waals surface area contributed by atoms with Gasteiger partial charge >= 0.3 is 0 Å². The van der Waals surface area contributed by atoms with E-state index in [4.69, 9.17) is 4.74 Å². The van der Waals surface area contributed by atoms with E-state index in [9.17, 15) is 9.59 Å². The van der Waals surface area contributed by atoms with Crippen LogP contribution in [-0.2, 0) is 11.2 Å². The van der Waals surface area contributed by atoms with Crippen molar-refractivity contribution < 1.29 is 14.3 Å². The minimum atomic E-state index is 0.0240. The molecular formula is C25H29N3O3. The Balaban J connectivity index is 1.25. The van der Waals surface area contributed by atoms with Crippen molar-refractivity contribution in [1.29, 1.82) is 0 Å². The first-order valence-corrected chi connectivity index (χ1v) is 10.9. The molecule has 1 saturated carbocycles. The van der Waals surface area contributed by atoms with Crippen LogP contribution in [0.1, 0.15) is 35.3 Å². The highest BCUT2D eigenvalue weighted by Gasteiger charge is 2.58. The minimum Gasteiger partial charge on any atom is -0.490 e. The number of nitrogens with zero attached hydrogens (tertiary/aromatic N) is 2. The summed E-state index contributed by atoms with van der Waals surface area (Å²) in [6.07, 6.45) is 6.87. The Morgan fingerprint density at radius 1 is 1.23 bits per heavy atom. The third-order valence-electron chi connectivity index (χ3n) is 6.41. The summed E-state index contributed by atoms with van der Waals surface area (Å²) in [6.45, 7) is 6.04. The average Bonchev–Trinajstić information content (AvgIpc) is 3.51. The molecule has 1 aliphatic heterocycles. The average molecular weight is 420 g/mol. The highest BCUT2D eigenvalue weighted by Crippen LogP contribution is 2.59. The predicted octanol–water partition coefficient (Wildman–Crippen LogP) is 3.25. The van der Waals surface area contributed by atoms with E-state index in [1.54, 1.807) is 18.3 Å². The summed E-state index contributed by atoms with van der Waals surface area (Å²) in [7, 11) is 0. The number of amides is 2. The van der Waals surface area contributed by atoms with Gasteiger partial charge in [0.15, 0.2) is 0 Å². The molecule has 2 fully saturated rings. The molecule has 2 heterocycles. The summed E-state index contributed by atoms with van der Waals surface area (Å²) in [4.78, 5) is 31.7. The largest absolute Gasteiger partial charge is 0.490 e. The van der Waals surface area contributed by atoms with Crippen molar-refractivity contribution >= 4 is 11.8 Å². The molecule has 162 valence electrons. The number of pyridine rings is 1. The van der Waals surface area contributed by atoms with E-state index in [2.05, 4.69) is 16.9 Å². The molecule has 1 atom stereocenters. The number of likely N-dealkylation sites (tertiary alicyclic amines) is 1. The summed E-state index contributed by atoms with van der Waals surface area (Å²) < 4.78 is 5.54. The maximum Gasteiger partial charge on any atom is 0.253 e. The first kappa shape index (κ1) is 21.1. The lowest BCUT2D eigenvalue weighted by atomic mass is 9.90. The zero-order valence-electron chi connectivity index (χ0n) is 17.8. The molecule has 31 heavy (non-hydrogen) atoms. The van der Waals surface area contributed by atoms with Gasteiger partial charge in [0.2, 0.25) is 5.91 Å². The van der Waals surface area contributed by atoms with Gasteiger partial charge in [-0.1, -0.05) is 24.8 Å². The Bertz CT molecular complexity index is 936. The van der Waals surface area contributed by atoms with Crippen LogP contribution in [0.5, 0.6) is 5.75 Å². The first-order valence-electron chi connectivity index (χ1n) is 10.9. The molecule has 6 heteroatoms. The molecule has 1 saturated heterocycles. The second kappa shape index (κ2) is 9.33. The van der Waals surface area contributed by atoms with Crippen molar-refractivity contribution in [2.24, 2.45) is 11.3 Å². The standard InChI is InChI=1S/C25H29N3O3/c1-2-16-31-21-8-5-6-19(17-21)24(30)28-14-10-25(11-15-28)18-22(25)23(29)27-13-9-20-7-3-4-12-26-20/h2-8,12,17,22H,1,9-11,13-16,18H2,(H,27,29)/t22-/m1/s1. The Kier molecular flexibility index (Phi) is 6.35. The number of carbonyl (C=O) groups is 2. The topological polar surface area (TPSA) is 71.5 Å². The molecule has 0 unspecified atom stereocenters. The molecule has 2 aromatic rings. The third kappa shape index (κ3) is 4.95. The van der Waals surface area contributed by atoms with E-state index in [0.717, 1.165) is 31.4 Å². The zero-order chi connectivity index (χ0) is 21.7. The van der Waals surface area contributed by atoms with Crippen LogP contribution < -0.4 is 10.1 Å². The maximum absolute atomic E-state index is 12.9. The van der Waals surface area contributed by atoms with Gasteiger partial charge in [-0.15, -0.1) is 0 Å². The van der Waals surface area contributed by atoms with E-state index in [-0.39, 0.29) is 23.1 Å². The number of carbonyl (C=O) groups excluding carboxylic acids is 2. The lowest BCUT2D eigenvalue weighted by molar-refractivity contribution is -0.123. The molecule has 6 nitrogen and oxygen atoms in total. The van der Waals surface area contributed by atoms with Crippen LogP contribution in [0.4, 0.5) is 0 Å². The fourth-order valence-electron chi connectivity index (χ4n) is 4.47. The van der Waals surface area contributed by atoms with Crippen molar-refractivity contribution in [2.45, 2.75) is 25.7 Å². The van der Waals surface area contributed by atoms with Gasteiger partial charge in [0.05, 0.1) is 0 Å². The van der Waals surface area contributed by atoms with Gasteiger partial charge in [0.1, 0.15) is 12.4 Å². The molecule has 0 bridgehead atoms. The molecule has 1 spiro atoms. The summed E-state index contributed by atoms with van der Waals surface area (Å²) in [6, 6.07) is 13.1. The molecule has 1 aromatic heterocycles. The molecule has 1 aliphatic carbocycles. The summed E-state index contributed by atoms with van der Waals surface area (Å²) in [5, 5.41) is 3.07. The SMILES string of the molecule is C=CCOc1cccc(C(=O)N2CCC3(CC2)C[C@@H]3C(=O)NCCc2ccccn2)c1. The number of ether oxygens (including phenoxy) is 1. The van der Waals surface area contributed by atoms with E-state index in [1.165, 1.54) is 0 Å². The second-order valence-corrected chi connectivity index (χ2v) is 8.40. The maximum atomic E-state index is 12.9. The Morgan fingerprint density at radius 3 is 2.81 bits per heavy atom. The van der Waals surface area contributed by atoms with Crippen LogP contribution in [-0.4, -0.2) is 47.9 Å². The quantitative estimate of drug-likeness (QED) is 0.667. The zero-order valence-corrected chi connectivity index (χ0v) is 17.8. The van der Waals surface area contributed by atoms with Gasteiger partial charge in [0.25, 0.3) is 5.91 Å². The highest BCUT2D eigenvalue weighted by molar-refractivity contribution is 5.94. The number of hydrogen-bond acceptors (Lipinski definition) is 4. The van der Waals surface area contributed by atoms with E-state index >= 15 is 0 Å². The van der Waals surface area contributed by atoms with Crippen molar-refractivity contribution in [3.05, 3.63) is 72.6 Å². The van der Waals surface area contributed by atoms with E-state index in [0.29, 0.717) is 37.6 Å². The molecule has 1 N–H and O–H groups in total. The monoisotopic (exact) mass is 419 g/mol. The predicted molar refractivity (Wildman–Crippen MR) is 119 cm³/mol. The first-order chi connectivity index (χ1) is 15.1. The van der Waals surface area contributed by atoms with E-state index < -0.39 is 0 Å². The second-order valence-electron chi connectivity index (χ2n) is 8.40. The number of aromatic nitrogens is 1. The number of hydrogen-bond donors (Lipinski definition) is 1. The smallest absolute Gasteiger partial charge is 0.253 e. The normalized spacial score (nSPS) is 19.0. The third-order valence-corrected chi connectivity index (χ3v) is 6.41. The molecule has 4 rings (SSSR count). The van der Waals surface area contributed by atoms with Crippen molar-refractivity contribution in [2.75, 3.05) is 26.2 Å². The van der Waals surface area contributed by atoms with Crippen molar-refractivity contribution in [3.63, 3.8) is 0 Å². The Labute approximate surface area is 183 Å². The van der Waals surface area contributed by atoms with Gasteiger partial charge in [-0.3, -0.25) is 14.6 Å². The fourth-order valence-corrected chi connectivity index (χ4v) is 4.47. The highest BCUT2D eigenvalue weighted by atomic mass is 16.5. The molecule has 0 radical (unpaired) electrons. The number of rotatable bonds is 8. The van der Waals surface area contributed by atoms with Crippen LogP contribution in [0.3, 0.4) is 0 Å². The van der Waals surface area contributed by atoms with Crippen LogP contribution in [0.15, 0.2) is 61.3 Å². The molecule has 1 aromatic carbocycles. The Hall–Kier alpha value is -3.15. The van der Waals surface area contributed by atoms with Crippen LogP contribution in [0.2, 0.25) is 0 Å². The Morgan fingerprint density at radius 2 is 2.06 bits per heavy atom. The summed E-state index contributed by atoms with van der Waals surface area (Å²) >= 11 is 0. The number of benzene rings is 1. The van der Waals surface area contributed by atoms with Crippen molar-refractivity contribution in [1.82, 2.24) is 15.2 Å². The lowest BCUT2D eigenvalue weighted by Crippen LogP contribution is -2.40. The van der Waals surface area contributed by atoms with Crippen LogP contribution >= 0.6 is 0 Å². The van der Waals surface area contributed by atoms with Crippen LogP contribution in [0, 0.1) is 11.3 Å². The van der Waals surface area contributed by atoms with E-state index in [1.807, 2.05) is 41.3 Å².